The van der Waals surface area contributed by atoms with Crippen molar-refractivity contribution in [3.05, 3.63) is 46.2 Å². The summed E-state index contributed by atoms with van der Waals surface area (Å²) in [6.45, 7) is 15.2. The van der Waals surface area contributed by atoms with E-state index in [0.29, 0.717) is 11.8 Å². The number of rotatable bonds is 27. The summed E-state index contributed by atoms with van der Waals surface area (Å²) in [7, 11) is 0. The SMILES string of the molecule is CCCCCCc1csc(-c2c3c(c(-c4cc(CCCCCC)c(-c5cc6c(OCC(CC)CCCC)c7sccc7c(OCC(CC)CCCC)c6s5)s4)c4n[nH]nc24)N=S=N3)c1. The summed E-state index contributed by atoms with van der Waals surface area (Å²) < 4.78 is 26.5. The molecule has 0 spiro atoms. The average Bonchev–Trinajstić information content (AvgIpc) is 4.18. The number of nitrogens with zero attached hydrogens (tertiary/aromatic N) is 4. The number of aromatic amines is 1. The Morgan fingerprint density at radius 1 is 0.594 bits per heavy atom. The first-order chi connectivity index (χ1) is 31.5. The van der Waals surface area contributed by atoms with Gasteiger partial charge in [0, 0.05) is 30.3 Å². The van der Waals surface area contributed by atoms with Crippen LogP contribution in [-0.2, 0) is 24.2 Å². The van der Waals surface area contributed by atoms with Gasteiger partial charge in [0.1, 0.15) is 33.9 Å². The number of nitrogens with one attached hydrogen (secondary N) is 1. The molecule has 1 N–H and O–H groups in total. The number of H-pyrrole nitrogens is 1. The number of hydrogen-bond donors (Lipinski definition) is 1. The summed E-state index contributed by atoms with van der Waals surface area (Å²) in [4.78, 5) is 4.94. The van der Waals surface area contributed by atoms with Crippen molar-refractivity contribution in [3.8, 4) is 42.1 Å². The number of hydrogen-bond acceptors (Lipinski definition) is 10. The third-order valence-electron chi connectivity index (χ3n) is 13.1. The first kappa shape index (κ1) is 47.1. The molecule has 7 aromatic rings. The Balaban J connectivity index is 1.24. The summed E-state index contributed by atoms with van der Waals surface area (Å²) in [5.41, 5.74) is 8.41. The minimum atomic E-state index is 0.534. The van der Waals surface area contributed by atoms with Crippen LogP contribution < -0.4 is 9.47 Å². The van der Waals surface area contributed by atoms with Gasteiger partial charge < -0.3 is 9.47 Å². The lowest BCUT2D eigenvalue weighted by atomic mass is 9.99. The predicted molar refractivity (Wildman–Crippen MR) is 282 cm³/mol. The molecule has 0 fully saturated rings. The van der Waals surface area contributed by atoms with E-state index < -0.39 is 0 Å². The van der Waals surface area contributed by atoms with Crippen LogP contribution in [0.25, 0.3) is 61.8 Å². The van der Waals surface area contributed by atoms with E-state index in [0.717, 1.165) is 90.4 Å². The molecule has 1 aliphatic rings. The molecule has 0 amide bonds. The van der Waals surface area contributed by atoms with Gasteiger partial charge in [-0.25, -0.2) is 0 Å². The summed E-state index contributed by atoms with van der Waals surface area (Å²) in [6, 6.07) is 9.47. The fourth-order valence-corrected chi connectivity index (χ4v) is 14.1. The van der Waals surface area contributed by atoms with Gasteiger partial charge in [-0.2, -0.15) is 24.1 Å². The van der Waals surface area contributed by atoms with Crippen molar-refractivity contribution in [2.24, 2.45) is 20.6 Å². The second kappa shape index (κ2) is 22.9. The summed E-state index contributed by atoms with van der Waals surface area (Å²) in [6.07, 6.45) is 21.5. The second-order valence-electron chi connectivity index (χ2n) is 17.8. The van der Waals surface area contributed by atoms with Crippen LogP contribution in [0.5, 0.6) is 11.5 Å². The summed E-state index contributed by atoms with van der Waals surface area (Å²) >= 11 is 8.61. The largest absolute Gasteiger partial charge is 0.491 e. The third-order valence-corrected chi connectivity index (χ3v) is 18.0. The van der Waals surface area contributed by atoms with Gasteiger partial charge in [0.15, 0.2) is 0 Å². The molecule has 5 aromatic heterocycles. The molecule has 12 heteroatoms. The van der Waals surface area contributed by atoms with E-state index in [1.807, 2.05) is 22.7 Å². The molecule has 6 heterocycles. The molecule has 0 saturated carbocycles. The number of aromatic nitrogens is 3. The Labute approximate surface area is 400 Å². The molecule has 2 atom stereocenters. The lowest BCUT2D eigenvalue weighted by molar-refractivity contribution is 0.235. The Morgan fingerprint density at radius 2 is 1.22 bits per heavy atom. The Morgan fingerprint density at radius 3 is 1.86 bits per heavy atom. The van der Waals surface area contributed by atoms with E-state index in [1.165, 1.54) is 146 Å². The first-order valence-corrected chi connectivity index (χ1v) is 28.6. The van der Waals surface area contributed by atoms with Gasteiger partial charge in [-0.05, 0) is 96.5 Å². The van der Waals surface area contributed by atoms with Gasteiger partial charge in [-0.1, -0.05) is 119 Å². The van der Waals surface area contributed by atoms with Gasteiger partial charge in [0.2, 0.25) is 0 Å². The summed E-state index contributed by atoms with van der Waals surface area (Å²) in [5, 5.41) is 19.6. The first-order valence-electron chi connectivity index (χ1n) is 24.4. The van der Waals surface area contributed by atoms with Crippen LogP contribution in [0, 0.1) is 11.8 Å². The number of unbranched alkanes of at least 4 members (excludes halogenated alkanes) is 8. The third kappa shape index (κ3) is 10.3. The van der Waals surface area contributed by atoms with Crippen LogP contribution in [0.2, 0.25) is 0 Å². The van der Waals surface area contributed by atoms with Crippen molar-refractivity contribution in [3.63, 3.8) is 0 Å². The van der Waals surface area contributed by atoms with Crippen molar-refractivity contribution >= 4 is 99.3 Å². The normalized spacial score (nSPS) is 13.4. The van der Waals surface area contributed by atoms with Gasteiger partial charge in [0.05, 0.1) is 45.1 Å². The monoisotopic (exact) mass is 953 g/mol. The minimum Gasteiger partial charge on any atom is -0.491 e. The fraction of sp³-hybridized carbons (Fsp3) is 0.538. The zero-order valence-corrected chi connectivity index (χ0v) is 43.0. The Hall–Kier alpha value is -3.42. The lowest BCUT2D eigenvalue weighted by Gasteiger charge is -2.19. The zero-order valence-electron chi connectivity index (χ0n) is 38.9. The highest BCUT2D eigenvalue weighted by molar-refractivity contribution is 7.58. The van der Waals surface area contributed by atoms with E-state index in [-0.39, 0.29) is 0 Å². The number of aryl methyl sites for hydroxylation is 2. The van der Waals surface area contributed by atoms with Gasteiger partial charge >= 0.3 is 0 Å². The quantitative estimate of drug-likeness (QED) is 0.0521. The molecule has 2 unspecified atom stereocenters. The van der Waals surface area contributed by atoms with Gasteiger partial charge in [-0.3, -0.25) is 0 Å². The number of thiophene rings is 4. The van der Waals surface area contributed by atoms with Crippen LogP contribution in [0.3, 0.4) is 0 Å². The predicted octanol–water partition coefficient (Wildman–Crippen LogP) is 18.7. The maximum Gasteiger partial charge on any atom is 0.146 e. The molecule has 342 valence electrons. The molecule has 1 aliphatic heterocycles. The lowest BCUT2D eigenvalue weighted by Crippen LogP contribution is -2.12. The number of fused-ring (bicyclic) bond motifs is 4. The highest BCUT2D eigenvalue weighted by Gasteiger charge is 2.30. The number of ether oxygens (including phenoxy) is 2. The smallest absolute Gasteiger partial charge is 0.146 e. The molecular weight excluding hydrogens is 887 g/mol. The molecule has 64 heavy (non-hydrogen) atoms. The van der Waals surface area contributed by atoms with Crippen LogP contribution in [0.4, 0.5) is 11.4 Å². The van der Waals surface area contributed by atoms with Crippen LogP contribution >= 0.6 is 45.3 Å². The maximum atomic E-state index is 7.03. The maximum absolute atomic E-state index is 7.03. The fourth-order valence-electron chi connectivity index (χ4n) is 9.10. The second-order valence-corrected chi connectivity index (χ2v) is 22.2. The molecule has 0 aliphatic carbocycles. The van der Waals surface area contributed by atoms with Crippen LogP contribution in [0.1, 0.15) is 155 Å². The Kier molecular flexibility index (Phi) is 16.8. The Bertz CT molecular complexity index is 2620. The molecule has 2 aromatic carbocycles. The molecule has 0 bridgehead atoms. The van der Waals surface area contributed by atoms with Gasteiger partial charge in [0.25, 0.3) is 0 Å². The zero-order chi connectivity index (χ0) is 44.4. The average molecular weight is 954 g/mol. The highest BCUT2D eigenvalue weighted by Crippen LogP contribution is 2.56. The van der Waals surface area contributed by atoms with Crippen LogP contribution in [0.15, 0.2) is 43.8 Å². The van der Waals surface area contributed by atoms with E-state index in [2.05, 4.69) is 81.8 Å². The minimum absolute atomic E-state index is 0.534. The van der Waals surface area contributed by atoms with Crippen LogP contribution in [-0.4, -0.2) is 28.6 Å². The number of benzene rings is 2. The molecule has 0 radical (unpaired) electrons. The van der Waals surface area contributed by atoms with Crippen molar-refractivity contribution in [1.82, 2.24) is 15.4 Å². The van der Waals surface area contributed by atoms with E-state index in [1.54, 1.807) is 22.7 Å². The molecule has 8 rings (SSSR count). The standard InChI is InChI=1S/C52H67N5O2S5/c1-7-13-17-19-23-35-27-39(61-32-35)42-44-45(54-57-53-44)43(47-46(42)55-64-56-47)40-28-36(24-20-18-14-8-2)50(62-40)41-29-38-49(59-31-34(12-6)22-16-10-4)51-37(25-26-60-51)48(52(38)63-41)58-30-33(11-5)21-15-9-3/h25-29,32-34H,7-24,30-31H2,1-6H3,(H,53,54,57). The summed E-state index contributed by atoms with van der Waals surface area (Å²) in [5.74, 6) is 3.12. The molecule has 0 saturated heterocycles. The molecule has 7 nitrogen and oxygen atoms in total. The van der Waals surface area contributed by atoms with Crippen molar-refractivity contribution < 1.29 is 9.47 Å². The van der Waals surface area contributed by atoms with Crippen molar-refractivity contribution in [1.29, 1.82) is 0 Å². The molecular formula is C52H67N5O2S5. The highest BCUT2D eigenvalue weighted by atomic mass is 32.1. The topological polar surface area (TPSA) is 84.8 Å². The van der Waals surface area contributed by atoms with E-state index in [4.69, 9.17) is 28.4 Å². The van der Waals surface area contributed by atoms with Crippen molar-refractivity contribution in [2.45, 2.75) is 157 Å². The van der Waals surface area contributed by atoms with Gasteiger partial charge in [-0.15, -0.1) is 45.3 Å². The van der Waals surface area contributed by atoms with Crippen molar-refractivity contribution in [2.75, 3.05) is 13.2 Å². The van der Waals surface area contributed by atoms with E-state index in [9.17, 15) is 0 Å². The van der Waals surface area contributed by atoms with E-state index >= 15 is 0 Å².